The number of thiocarbonyl (C=S) groups is 1. The van der Waals surface area contributed by atoms with E-state index in [2.05, 4.69) is 10.4 Å². The second kappa shape index (κ2) is 4.97. The molecular weight excluding hydrogens is 248 g/mol. The van der Waals surface area contributed by atoms with Gasteiger partial charge in [-0.3, -0.25) is 9.48 Å². The summed E-state index contributed by atoms with van der Waals surface area (Å²) in [5.41, 5.74) is 6.70. The minimum absolute atomic E-state index is 0.225. The van der Waals surface area contributed by atoms with Gasteiger partial charge in [-0.15, -0.1) is 0 Å². The Bertz CT molecular complexity index is 606. The van der Waals surface area contributed by atoms with Crippen LogP contribution in [0, 0.1) is 0 Å². The van der Waals surface area contributed by atoms with Crippen molar-refractivity contribution in [2.75, 3.05) is 5.32 Å². The molecule has 0 atom stereocenters. The zero-order valence-electron chi connectivity index (χ0n) is 9.75. The predicted molar refractivity (Wildman–Crippen MR) is 73.5 cm³/mol. The Morgan fingerprint density at radius 3 is 2.72 bits per heavy atom. The topological polar surface area (TPSA) is 72.9 Å². The molecule has 1 heterocycles. The SMILES string of the molecule is Cn1nccc1NC(=O)c1cccc(C(N)=S)c1. The predicted octanol–water partition coefficient (Wildman–Crippen LogP) is 1.31. The lowest BCUT2D eigenvalue weighted by atomic mass is 10.1. The number of carbonyl (C=O) groups excluding carboxylic acids is 1. The minimum atomic E-state index is -0.225. The van der Waals surface area contributed by atoms with Gasteiger partial charge in [0.1, 0.15) is 10.8 Å². The summed E-state index contributed by atoms with van der Waals surface area (Å²) in [4.78, 5) is 12.3. The van der Waals surface area contributed by atoms with E-state index in [0.717, 1.165) is 0 Å². The van der Waals surface area contributed by atoms with Crippen molar-refractivity contribution in [3.8, 4) is 0 Å². The molecule has 0 saturated carbocycles. The Kier molecular flexibility index (Phi) is 3.38. The van der Waals surface area contributed by atoms with Crippen molar-refractivity contribution in [3.05, 3.63) is 47.7 Å². The van der Waals surface area contributed by atoms with Crippen LogP contribution in [0.15, 0.2) is 36.5 Å². The molecule has 6 heteroatoms. The van der Waals surface area contributed by atoms with Crippen molar-refractivity contribution >= 4 is 28.9 Å². The van der Waals surface area contributed by atoms with Crippen LogP contribution < -0.4 is 11.1 Å². The van der Waals surface area contributed by atoms with Crippen molar-refractivity contribution in [3.63, 3.8) is 0 Å². The molecule has 3 N–H and O–H groups in total. The number of hydrogen-bond acceptors (Lipinski definition) is 3. The number of benzene rings is 1. The first-order valence-electron chi connectivity index (χ1n) is 5.27. The maximum Gasteiger partial charge on any atom is 0.256 e. The molecule has 5 nitrogen and oxygen atoms in total. The van der Waals surface area contributed by atoms with Crippen molar-refractivity contribution in [1.82, 2.24) is 9.78 Å². The summed E-state index contributed by atoms with van der Waals surface area (Å²) < 4.78 is 1.58. The highest BCUT2D eigenvalue weighted by molar-refractivity contribution is 7.80. The second-order valence-electron chi connectivity index (χ2n) is 3.74. The van der Waals surface area contributed by atoms with Crippen LogP contribution in [0.25, 0.3) is 0 Å². The smallest absolute Gasteiger partial charge is 0.256 e. The average Bonchev–Trinajstić information content (AvgIpc) is 2.75. The summed E-state index contributed by atoms with van der Waals surface area (Å²) in [7, 11) is 1.75. The number of nitrogens with one attached hydrogen (secondary N) is 1. The number of amides is 1. The Labute approximate surface area is 110 Å². The molecule has 0 aliphatic carbocycles. The fraction of sp³-hybridized carbons (Fsp3) is 0.0833. The second-order valence-corrected chi connectivity index (χ2v) is 4.18. The summed E-state index contributed by atoms with van der Waals surface area (Å²) in [6.07, 6.45) is 1.61. The van der Waals surface area contributed by atoms with Crippen LogP contribution in [0.3, 0.4) is 0 Å². The number of aryl methyl sites for hydroxylation is 1. The summed E-state index contributed by atoms with van der Waals surface area (Å²) >= 11 is 4.88. The third-order valence-electron chi connectivity index (χ3n) is 2.47. The van der Waals surface area contributed by atoms with Crippen molar-refractivity contribution < 1.29 is 4.79 Å². The zero-order valence-corrected chi connectivity index (χ0v) is 10.6. The van der Waals surface area contributed by atoms with Crippen molar-refractivity contribution in [1.29, 1.82) is 0 Å². The molecule has 1 aromatic carbocycles. The third kappa shape index (κ3) is 2.54. The van der Waals surface area contributed by atoms with Crippen LogP contribution in [0.4, 0.5) is 5.82 Å². The first kappa shape index (κ1) is 12.3. The first-order chi connectivity index (χ1) is 8.58. The molecule has 0 saturated heterocycles. The Morgan fingerprint density at radius 1 is 1.39 bits per heavy atom. The van der Waals surface area contributed by atoms with E-state index in [1.54, 1.807) is 48.3 Å². The third-order valence-corrected chi connectivity index (χ3v) is 2.71. The van der Waals surface area contributed by atoms with Gasteiger partial charge in [0, 0.05) is 24.2 Å². The fourth-order valence-electron chi connectivity index (χ4n) is 1.50. The molecule has 1 aromatic heterocycles. The minimum Gasteiger partial charge on any atom is -0.389 e. The van der Waals surface area contributed by atoms with Crippen LogP contribution in [-0.4, -0.2) is 20.7 Å². The van der Waals surface area contributed by atoms with Gasteiger partial charge >= 0.3 is 0 Å². The lowest BCUT2D eigenvalue weighted by molar-refractivity contribution is 0.102. The molecule has 0 aliphatic rings. The van der Waals surface area contributed by atoms with E-state index in [0.29, 0.717) is 16.9 Å². The highest BCUT2D eigenvalue weighted by atomic mass is 32.1. The van der Waals surface area contributed by atoms with Crippen molar-refractivity contribution in [2.24, 2.45) is 12.8 Å². The Hall–Kier alpha value is -2.21. The lowest BCUT2D eigenvalue weighted by Crippen LogP contribution is -2.16. The van der Waals surface area contributed by atoms with Gasteiger partial charge in [-0.1, -0.05) is 24.4 Å². The maximum atomic E-state index is 12.0. The van der Waals surface area contributed by atoms with Gasteiger partial charge < -0.3 is 11.1 Å². The van der Waals surface area contributed by atoms with Gasteiger partial charge in [-0.05, 0) is 12.1 Å². The van der Waals surface area contributed by atoms with Crippen LogP contribution in [0.1, 0.15) is 15.9 Å². The monoisotopic (exact) mass is 260 g/mol. The number of nitrogens with zero attached hydrogens (tertiary/aromatic N) is 2. The quantitative estimate of drug-likeness (QED) is 0.816. The van der Waals surface area contributed by atoms with Gasteiger partial charge in [0.2, 0.25) is 0 Å². The normalized spacial score (nSPS) is 10.1. The van der Waals surface area contributed by atoms with Gasteiger partial charge in [0.15, 0.2) is 0 Å². The summed E-state index contributed by atoms with van der Waals surface area (Å²) in [5, 5.41) is 6.72. The fourth-order valence-corrected chi connectivity index (χ4v) is 1.63. The van der Waals surface area contributed by atoms with E-state index in [1.807, 2.05) is 0 Å². The van der Waals surface area contributed by atoms with Crippen LogP contribution in [0.2, 0.25) is 0 Å². The molecule has 92 valence electrons. The Balaban J connectivity index is 2.21. The standard InChI is InChI=1S/C12H12N4OS/c1-16-10(5-6-14-16)15-12(17)9-4-2-3-8(7-9)11(13)18/h2-7H,1H3,(H2,13,18)(H,15,17). The molecule has 2 rings (SSSR count). The van der Waals surface area contributed by atoms with E-state index in [4.69, 9.17) is 18.0 Å². The molecule has 0 bridgehead atoms. The number of carbonyl (C=O) groups is 1. The van der Waals surface area contributed by atoms with E-state index in [-0.39, 0.29) is 10.9 Å². The summed E-state index contributed by atoms with van der Waals surface area (Å²) in [5.74, 6) is 0.400. The average molecular weight is 260 g/mol. The first-order valence-corrected chi connectivity index (χ1v) is 5.68. The van der Waals surface area contributed by atoms with Crippen LogP contribution in [0.5, 0.6) is 0 Å². The highest BCUT2D eigenvalue weighted by Gasteiger charge is 2.09. The maximum absolute atomic E-state index is 12.0. The molecule has 0 aliphatic heterocycles. The Morgan fingerprint density at radius 2 is 2.11 bits per heavy atom. The molecule has 0 radical (unpaired) electrons. The van der Waals surface area contributed by atoms with E-state index in [1.165, 1.54) is 0 Å². The van der Waals surface area contributed by atoms with E-state index >= 15 is 0 Å². The van der Waals surface area contributed by atoms with Crippen LogP contribution in [-0.2, 0) is 7.05 Å². The van der Waals surface area contributed by atoms with Gasteiger partial charge in [-0.25, -0.2) is 0 Å². The summed E-state index contributed by atoms with van der Waals surface area (Å²) in [6, 6.07) is 8.59. The lowest BCUT2D eigenvalue weighted by Gasteiger charge is -2.06. The zero-order chi connectivity index (χ0) is 13.1. The molecule has 0 unspecified atom stereocenters. The van der Waals surface area contributed by atoms with E-state index < -0.39 is 0 Å². The molecule has 2 aromatic rings. The number of rotatable bonds is 3. The number of aromatic nitrogens is 2. The van der Waals surface area contributed by atoms with E-state index in [9.17, 15) is 4.79 Å². The number of hydrogen-bond donors (Lipinski definition) is 2. The number of nitrogens with two attached hydrogens (primary N) is 1. The highest BCUT2D eigenvalue weighted by Crippen LogP contribution is 2.09. The molecular formula is C12H12N4OS. The summed E-state index contributed by atoms with van der Waals surface area (Å²) in [6.45, 7) is 0. The van der Waals surface area contributed by atoms with Crippen LogP contribution >= 0.6 is 12.2 Å². The molecule has 1 amide bonds. The largest absolute Gasteiger partial charge is 0.389 e. The van der Waals surface area contributed by atoms with Gasteiger partial charge in [0.25, 0.3) is 5.91 Å². The molecule has 0 fully saturated rings. The number of anilines is 1. The van der Waals surface area contributed by atoms with Gasteiger partial charge in [-0.2, -0.15) is 5.10 Å². The molecule has 18 heavy (non-hydrogen) atoms. The molecule has 0 spiro atoms. The van der Waals surface area contributed by atoms with Gasteiger partial charge in [0.05, 0.1) is 6.20 Å². The van der Waals surface area contributed by atoms with Crippen molar-refractivity contribution in [2.45, 2.75) is 0 Å².